The lowest BCUT2D eigenvalue weighted by atomic mass is 9.83. The van der Waals surface area contributed by atoms with E-state index in [1.807, 2.05) is 36.4 Å². The second-order valence-electron chi connectivity index (χ2n) is 10.1. The summed E-state index contributed by atoms with van der Waals surface area (Å²) in [7, 11) is 0. The molecule has 0 spiro atoms. The molecule has 5 heteroatoms. The Balaban J connectivity index is 1.61. The summed E-state index contributed by atoms with van der Waals surface area (Å²) in [4.78, 5) is 16.1. The summed E-state index contributed by atoms with van der Waals surface area (Å²) in [6.07, 6.45) is 2.33. The lowest BCUT2D eigenvalue weighted by Crippen LogP contribution is -2.40. The van der Waals surface area contributed by atoms with E-state index in [1.165, 1.54) is 6.42 Å². The van der Waals surface area contributed by atoms with Crippen LogP contribution in [0.5, 0.6) is 0 Å². The standard InChI is InChI=1S/C28H27N3O2/c1-17-8-6-9-18(14-17)29-21-15-22(31-13-7-12-28(2,3)16-31)25-24-23(21)26(32)19-10-4-5-11-20(19)27(24)33-30-25/h4-6,8-11,14-15,29H,7,12-13,16H2,1-3H3. The van der Waals surface area contributed by atoms with E-state index in [9.17, 15) is 4.79 Å². The van der Waals surface area contributed by atoms with Gasteiger partial charge in [-0.05, 0) is 48.9 Å². The average molecular weight is 438 g/mol. The predicted octanol–water partition coefficient (Wildman–Crippen LogP) is 6.72. The highest BCUT2D eigenvalue weighted by Crippen LogP contribution is 2.47. The molecule has 1 aliphatic carbocycles. The van der Waals surface area contributed by atoms with Gasteiger partial charge in [0, 0.05) is 29.9 Å². The van der Waals surface area contributed by atoms with Crippen LogP contribution in [0.4, 0.5) is 17.1 Å². The fraction of sp³-hybridized carbons (Fsp3) is 0.286. The number of aryl methyl sites for hydroxylation is 1. The molecule has 0 saturated carbocycles. The number of hydrogen-bond donors (Lipinski definition) is 1. The fourth-order valence-corrected chi connectivity index (χ4v) is 5.39. The summed E-state index contributed by atoms with van der Waals surface area (Å²) in [6.45, 7) is 8.60. The number of nitrogens with zero attached hydrogens (tertiary/aromatic N) is 2. The van der Waals surface area contributed by atoms with Gasteiger partial charge < -0.3 is 14.7 Å². The lowest BCUT2D eigenvalue weighted by molar-refractivity contribution is 0.104. The Morgan fingerprint density at radius 1 is 1.06 bits per heavy atom. The van der Waals surface area contributed by atoms with Gasteiger partial charge in [-0.3, -0.25) is 4.79 Å². The normalized spacial score (nSPS) is 16.7. The summed E-state index contributed by atoms with van der Waals surface area (Å²) in [6, 6.07) is 18.0. The van der Waals surface area contributed by atoms with Crippen molar-refractivity contribution in [2.24, 2.45) is 5.41 Å². The number of carbonyl (C=O) groups excluding carboxylic acids is 1. The molecular formula is C28H27N3O2. The van der Waals surface area contributed by atoms with Crippen LogP contribution in [0.1, 0.15) is 48.2 Å². The van der Waals surface area contributed by atoms with Crippen molar-refractivity contribution in [2.45, 2.75) is 33.6 Å². The molecule has 4 aromatic rings. The highest BCUT2D eigenvalue weighted by atomic mass is 16.5. The van der Waals surface area contributed by atoms with Crippen molar-refractivity contribution >= 4 is 33.7 Å². The van der Waals surface area contributed by atoms with E-state index in [0.717, 1.165) is 58.6 Å². The third-order valence-electron chi connectivity index (χ3n) is 6.92. The number of hydrogen-bond acceptors (Lipinski definition) is 5. The van der Waals surface area contributed by atoms with Crippen molar-refractivity contribution in [1.29, 1.82) is 0 Å². The zero-order chi connectivity index (χ0) is 22.7. The van der Waals surface area contributed by atoms with Gasteiger partial charge in [-0.15, -0.1) is 0 Å². The van der Waals surface area contributed by atoms with Crippen molar-refractivity contribution in [3.8, 4) is 11.3 Å². The molecule has 1 aromatic heterocycles. The third kappa shape index (κ3) is 3.22. The zero-order valence-electron chi connectivity index (χ0n) is 19.2. The first-order chi connectivity index (χ1) is 15.9. The Bertz CT molecular complexity index is 1420. The van der Waals surface area contributed by atoms with Gasteiger partial charge >= 0.3 is 0 Å². The van der Waals surface area contributed by atoms with Crippen LogP contribution in [-0.2, 0) is 0 Å². The first kappa shape index (κ1) is 20.0. The van der Waals surface area contributed by atoms with Crippen molar-refractivity contribution < 1.29 is 9.32 Å². The topological polar surface area (TPSA) is 58.4 Å². The Hall–Kier alpha value is -3.60. The number of fused-ring (bicyclic) bond motifs is 2. The van der Waals surface area contributed by atoms with Gasteiger partial charge in [0.1, 0.15) is 5.52 Å². The van der Waals surface area contributed by atoms with Crippen LogP contribution >= 0.6 is 0 Å². The van der Waals surface area contributed by atoms with Crippen molar-refractivity contribution in [2.75, 3.05) is 23.3 Å². The van der Waals surface area contributed by atoms with Gasteiger partial charge in [-0.25, -0.2) is 0 Å². The highest BCUT2D eigenvalue weighted by Gasteiger charge is 2.35. The number of aromatic nitrogens is 1. The Morgan fingerprint density at radius 3 is 2.67 bits per heavy atom. The first-order valence-corrected chi connectivity index (χ1v) is 11.6. The van der Waals surface area contributed by atoms with Crippen molar-refractivity contribution in [3.63, 3.8) is 0 Å². The van der Waals surface area contributed by atoms with Crippen LogP contribution in [0, 0.1) is 12.3 Å². The Morgan fingerprint density at radius 2 is 1.88 bits per heavy atom. The first-order valence-electron chi connectivity index (χ1n) is 11.6. The molecule has 1 aliphatic heterocycles. The minimum atomic E-state index is 0.00646. The summed E-state index contributed by atoms with van der Waals surface area (Å²) in [5.41, 5.74) is 7.05. The number of anilines is 3. The van der Waals surface area contributed by atoms with Gasteiger partial charge in [-0.1, -0.05) is 55.4 Å². The molecule has 5 nitrogen and oxygen atoms in total. The second-order valence-corrected chi connectivity index (χ2v) is 10.1. The molecule has 0 radical (unpaired) electrons. The molecule has 0 unspecified atom stereocenters. The summed E-state index contributed by atoms with van der Waals surface area (Å²) in [5.74, 6) is 0.688. The fourth-order valence-electron chi connectivity index (χ4n) is 5.39. The van der Waals surface area contributed by atoms with Crippen molar-refractivity contribution in [3.05, 3.63) is 71.3 Å². The quantitative estimate of drug-likeness (QED) is 0.340. The van der Waals surface area contributed by atoms with Crippen molar-refractivity contribution in [1.82, 2.24) is 5.16 Å². The average Bonchev–Trinajstić information content (AvgIpc) is 3.22. The number of piperidine rings is 1. The molecule has 1 fully saturated rings. The van der Waals surface area contributed by atoms with E-state index in [2.05, 4.69) is 54.3 Å². The van der Waals surface area contributed by atoms with Gasteiger partial charge in [0.2, 0.25) is 0 Å². The van der Waals surface area contributed by atoms with E-state index in [-0.39, 0.29) is 11.2 Å². The number of carbonyl (C=O) groups is 1. The molecule has 2 heterocycles. The lowest BCUT2D eigenvalue weighted by Gasteiger charge is -2.39. The van der Waals surface area contributed by atoms with E-state index in [0.29, 0.717) is 16.9 Å². The number of nitrogens with one attached hydrogen (secondary N) is 1. The van der Waals surface area contributed by atoms with Crippen LogP contribution in [-0.4, -0.2) is 24.0 Å². The van der Waals surface area contributed by atoms with Gasteiger partial charge in [-0.2, -0.15) is 0 Å². The van der Waals surface area contributed by atoms with Crippen LogP contribution in [0.2, 0.25) is 0 Å². The van der Waals surface area contributed by atoms with Gasteiger partial charge in [0.25, 0.3) is 0 Å². The molecular weight excluding hydrogens is 410 g/mol. The molecule has 1 N–H and O–H groups in total. The van der Waals surface area contributed by atoms with Gasteiger partial charge in [0.05, 0.1) is 22.3 Å². The molecule has 6 rings (SSSR count). The molecule has 33 heavy (non-hydrogen) atoms. The molecule has 2 aliphatic rings. The second kappa shape index (κ2) is 7.20. The van der Waals surface area contributed by atoms with E-state index >= 15 is 0 Å². The number of benzene rings is 3. The van der Waals surface area contributed by atoms with E-state index in [4.69, 9.17) is 4.52 Å². The minimum Gasteiger partial charge on any atom is -0.369 e. The zero-order valence-corrected chi connectivity index (χ0v) is 19.2. The summed E-state index contributed by atoms with van der Waals surface area (Å²) >= 11 is 0. The monoisotopic (exact) mass is 437 g/mol. The van der Waals surface area contributed by atoms with E-state index < -0.39 is 0 Å². The summed E-state index contributed by atoms with van der Waals surface area (Å²) < 4.78 is 5.92. The minimum absolute atomic E-state index is 0.00646. The molecule has 0 atom stereocenters. The van der Waals surface area contributed by atoms with Crippen LogP contribution in [0.3, 0.4) is 0 Å². The predicted molar refractivity (Wildman–Crippen MR) is 133 cm³/mol. The van der Waals surface area contributed by atoms with Crippen LogP contribution in [0.15, 0.2) is 59.1 Å². The smallest absolute Gasteiger partial charge is 0.196 e. The SMILES string of the molecule is Cc1cccc(Nc2cc(N3CCCC(C)(C)C3)c3noc4c3c2C(=O)c2ccccc2-4)c1. The maximum Gasteiger partial charge on any atom is 0.196 e. The molecule has 0 amide bonds. The number of rotatable bonds is 3. The Labute approximate surface area is 193 Å². The van der Waals surface area contributed by atoms with Crippen LogP contribution in [0.25, 0.3) is 22.2 Å². The third-order valence-corrected chi connectivity index (χ3v) is 6.92. The maximum absolute atomic E-state index is 13.7. The van der Waals surface area contributed by atoms with Gasteiger partial charge in [0.15, 0.2) is 11.5 Å². The molecule has 3 aromatic carbocycles. The largest absolute Gasteiger partial charge is 0.369 e. The molecule has 1 saturated heterocycles. The molecule has 166 valence electrons. The Kier molecular flexibility index (Phi) is 4.37. The maximum atomic E-state index is 13.7. The van der Waals surface area contributed by atoms with Crippen LogP contribution < -0.4 is 10.2 Å². The van der Waals surface area contributed by atoms with E-state index in [1.54, 1.807) is 0 Å². The summed E-state index contributed by atoms with van der Waals surface area (Å²) in [5, 5.41) is 8.88. The molecule has 0 bridgehead atoms. The highest BCUT2D eigenvalue weighted by molar-refractivity contribution is 6.28. The number of ketones is 1.